The zero-order valence-electron chi connectivity index (χ0n) is 19.5. The number of hydrogen-bond donors (Lipinski definition) is 1. The number of nitrogens with zero attached hydrogens (tertiary/aromatic N) is 3. The van der Waals surface area contributed by atoms with Gasteiger partial charge in [-0.2, -0.15) is 0 Å². The van der Waals surface area contributed by atoms with Gasteiger partial charge in [0.25, 0.3) is 5.89 Å². The molecule has 2 heterocycles. The average Bonchev–Trinajstić information content (AvgIpc) is 3.19. The number of rotatable bonds is 8. The molecule has 1 aliphatic heterocycles. The fraction of sp³-hybridized carbons (Fsp3) is 0.583. The van der Waals surface area contributed by atoms with E-state index >= 15 is 0 Å². The van der Waals surface area contributed by atoms with E-state index in [1.807, 2.05) is 18.2 Å². The maximum Gasteiger partial charge on any atom is 0.307 e. The van der Waals surface area contributed by atoms with E-state index in [1.165, 1.54) is 0 Å². The summed E-state index contributed by atoms with van der Waals surface area (Å²) in [4.78, 5) is 21.7. The Morgan fingerprint density at radius 2 is 1.91 bits per heavy atom. The molecule has 8 heteroatoms. The Labute approximate surface area is 201 Å². The summed E-state index contributed by atoms with van der Waals surface area (Å²) in [7, 11) is 0. The predicted molar refractivity (Wildman–Crippen MR) is 131 cm³/mol. The van der Waals surface area contributed by atoms with Gasteiger partial charge >= 0.3 is 5.91 Å². The summed E-state index contributed by atoms with van der Waals surface area (Å²) in [5.74, 6) is 0.756. The highest BCUT2D eigenvalue weighted by Crippen LogP contribution is 2.33. The Kier molecular flexibility index (Phi) is 8.48. The number of aryl methyl sites for hydroxylation is 1. The van der Waals surface area contributed by atoms with Gasteiger partial charge in [0.05, 0.1) is 21.4 Å². The number of aromatic nitrogens is 1. The molecule has 176 valence electrons. The Bertz CT molecular complexity index is 915. The summed E-state index contributed by atoms with van der Waals surface area (Å²) in [6, 6.07) is 5.76. The predicted octanol–water partition coefficient (Wildman–Crippen LogP) is 5.17. The van der Waals surface area contributed by atoms with E-state index in [1.54, 1.807) is 0 Å². The summed E-state index contributed by atoms with van der Waals surface area (Å²) < 4.78 is 5.80. The fourth-order valence-corrected chi connectivity index (χ4v) is 4.38. The molecular formula is C24H34Cl2N4O2. The number of oxazole rings is 1. The van der Waals surface area contributed by atoms with Gasteiger partial charge in [0, 0.05) is 44.6 Å². The number of nitrogens with one attached hydrogen (secondary N) is 1. The van der Waals surface area contributed by atoms with E-state index < -0.39 is 0 Å². The number of carbonyl (C=O) groups excluding carboxylic acids is 1. The zero-order chi connectivity index (χ0) is 23.3. The Morgan fingerprint density at radius 1 is 1.19 bits per heavy atom. The molecule has 6 nitrogen and oxygen atoms in total. The molecule has 32 heavy (non-hydrogen) atoms. The minimum Gasteiger partial charge on any atom is -0.437 e. The third-order valence-electron chi connectivity index (χ3n) is 5.66. The lowest BCUT2D eigenvalue weighted by Gasteiger charge is -2.36. The Hall–Kier alpha value is -1.76. The summed E-state index contributed by atoms with van der Waals surface area (Å²) in [6.45, 7) is 13.6. The first-order valence-electron chi connectivity index (χ1n) is 11.4. The standard InChI is InChI=1S/C24H34Cl2N4O2/c1-5-8-19-21(24(2,3)4)28-23(32-19)22(31)27-11-7-12-29-13-15-30(16-14-29)18-10-6-9-17(25)20(18)26/h6,9-10H,5,7-8,11-16H2,1-4H3,(H,27,31). The van der Waals surface area contributed by atoms with Gasteiger partial charge in [-0.1, -0.05) is 57.0 Å². The van der Waals surface area contributed by atoms with Gasteiger partial charge in [-0.3, -0.25) is 9.69 Å². The zero-order valence-corrected chi connectivity index (χ0v) is 21.0. The number of amides is 1. The molecule has 0 spiro atoms. The van der Waals surface area contributed by atoms with Gasteiger partial charge in [-0.25, -0.2) is 4.98 Å². The fourth-order valence-electron chi connectivity index (χ4n) is 3.96. The van der Waals surface area contributed by atoms with Crippen LogP contribution >= 0.6 is 23.2 Å². The van der Waals surface area contributed by atoms with Crippen LogP contribution in [-0.4, -0.2) is 55.1 Å². The van der Waals surface area contributed by atoms with Crippen molar-refractivity contribution in [1.29, 1.82) is 0 Å². The van der Waals surface area contributed by atoms with Crippen molar-refractivity contribution in [3.63, 3.8) is 0 Å². The van der Waals surface area contributed by atoms with Crippen LogP contribution in [0.2, 0.25) is 10.0 Å². The molecule has 3 rings (SSSR count). The maximum absolute atomic E-state index is 12.5. The van der Waals surface area contributed by atoms with Crippen LogP contribution in [-0.2, 0) is 11.8 Å². The van der Waals surface area contributed by atoms with Gasteiger partial charge < -0.3 is 14.6 Å². The summed E-state index contributed by atoms with van der Waals surface area (Å²) >= 11 is 12.5. The van der Waals surface area contributed by atoms with Gasteiger partial charge in [-0.15, -0.1) is 0 Å². The molecule has 1 aromatic carbocycles. The summed E-state index contributed by atoms with van der Waals surface area (Å²) in [5.41, 5.74) is 1.72. The van der Waals surface area contributed by atoms with Crippen molar-refractivity contribution >= 4 is 34.8 Å². The number of piperazine rings is 1. The first-order valence-corrected chi connectivity index (χ1v) is 12.2. The number of anilines is 1. The normalized spacial score (nSPS) is 15.2. The van der Waals surface area contributed by atoms with Crippen LogP contribution in [0.4, 0.5) is 5.69 Å². The van der Waals surface area contributed by atoms with Crippen molar-refractivity contribution in [2.45, 2.75) is 52.4 Å². The van der Waals surface area contributed by atoms with E-state index in [4.69, 9.17) is 27.6 Å². The van der Waals surface area contributed by atoms with Crippen LogP contribution in [0.3, 0.4) is 0 Å². The van der Waals surface area contributed by atoms with Crippen LogP contribution in [0, 0.1) is 0 Å². The molecule has 0 unspecified atom stereocenters. The molecule has 0 atom stereocenters. The number of carbonyl (C=O) groups is 1. The molecule has 0 aliphatic carbocycles. The van der Waals surface area contributed by atoms with Crippen LogP contribution in [0.25, 0.3) is 0 Å². The lowest BCUT2D eigenvalue weighted by molar-refractivity contribution is 0.0915. The van der Waals surface area contributed by atoms with E-state index in [0.717, 1.165) is 69.1 Å². The van der Waals surface area contributed by atoms with Gasteiger partial charge in [0.2, 0.25) is 0 Å². The minimum absolute atomic E-state index is 0.149. The highest BCUT2D eigenvalue weighted by molar-refractivity contribution is 6.43. The van der Waals surface area contributed by atoms with E-state index in [9.17, 15) is 4.79 Å². The van der Waals surface area contributed by atoms with Gasteiger partial charge in [0.15, 0.2) is 0 Å². The SMILES string of the molecule is CCCc1oc(C(=O)NCCCN2CCN(c3cccc(Cl)c3Cl)CC2)nc1C(C)(C)C. The van der Waals surface area contributed by atoms with Gasteiger partial charge in [-0.05, 0) is 31.5 Å². The van der Waals surface area contributed by atoms with E-state index in [0.29, 0.717) is 16.6 Å². The van der Waals surface area contributed by atoms with Crippen molar-refractivity contribution in [1.82, 2.24) is 15.2 Å². The Balaban J connectivity index is 1.43. The molecule has 0 saturated carbocycles. The molecule has 1 amide bonds. The maximum atomic E-state index is 12.5. The highest BCUT2D eigenvalue weighted by Gasteiger charge is 2.26. The highest BCUT2D eigenvalue weighted by atomic mass is 35.5. The summed E-state index contributed by atoms with van der Waals surface area (Å²) in [5, 5.41) is 4.16. The average molecular weight is 481 g/mol. The summed E-state index contributed by atoms with van der Waals surface area (Å²) in [6.07, 6.45) is 2.62. The smallest absolute Gasteiger partial charge is 0.307 e. The van der Waals surface area contributed by atoms with Crippen molar-refractivity contribution in [2.24, 2.45) is 0 Å². The molecule has 1 N–H and O–H groups in total. The lowest BCUT2D eigenvalue weighted by Crippen LogP contribution is -2.47. The topological polar surface area (TPSA) is 61.6 Å². The second-order valence-electron chi connectivity index (χ2n) is 9.30. The largest absolute Gasteiger partial charge is 0.437 e. The molecule has 1 fully saturated rings. The molecule has 0 bridgehead atoms. The number of hydrogen-bond acceptors (Lipinski definition) is 5. The second-order valence-corrected chi connectivity index (χ2v) is 10.1. The second kappa shape index (κ2) is 10.9. The third kappa shape index (κ3) is 6.18. The third-order valence-corrected chi connectivity index (χ3v) is 6.47. The molecule has 1 aliphatic rings. The van der Waals surface area contributed by atoms with Crippen molar-refractivity contribution in [3.8, 4) is 0 Å². The first kappa shape index (κ1) is 24.9. The quantitative estimate of drug-likeness (QED) is 0.527. The van der Waals surface area contributed by atoms with Crippen molar-refractivity contribution < 1.29 is 9.21 Å². The minimum atomic E-state index is -0.238. The van der Waals surface area contributed by atoms with Crippen LogP contribution in [0.5, 0.6) is 0 Å². The van der Waals surface area contributed by atoms with E-state index in [2.05, 4.69) is 47.8 Å². The van der Waals surface area contributed by atoms with Gasteiger partial charge in [0.1, 0.15) is 5.76 Å². The molecule has 0 radical (unpaired) electrons. The van der Waals surface area contributed by atoms with Crippen molar-refractivity contribution in [3.05, 3.63) is 45.6 Å². The van der Waals surface area contributed by atoms with Crippen LogP contribution in [0.15, 0.2) is 22.6 Å². The van der Waals surface area contributed by atoms with Crippen LogP contribution in [0.1, 0.15) is 62.7 Å². The van der Waals surface area contributed by atoms with E-state index in [-0.39, 0.29) is 17.2 Å². The van der Waals surface area contributed by atoms with Crippen LogP contribution < -0.4 is 10.2 Å². The number of halogens is 2. The molecule has 2 aromatic rings. The van der Waals surface area contributed by atoms with Crippen molar-refractivity contribution in [2.75, 3.05) is 44.2 Å². The molecule has 1 aromatic heterocycles. The molecular weight excluding hydrogens is 447 g/mol. The number of benzene rings is 1. The monoisotopic (exact) mass is 480 g/mol. The first-order chi connectivity index (χ1) is 15.2. The Morgan fingerprint density at radius 3 is 2.56 bits per heavy atom. The molecule has 1 saturated heterocycles. The lowest BCUT2D eigenvalue weighted by atomic mass is 9.90.